The first-order valence-corrected chi connectivity index (χ1v) is 9.27. The highest BCUT2D eigenvalue weighted by Crippen LogP contribution is 2.39. The van der Waals surface area contributed by atoms with Crippen LogP contribution in [0.25, 0.3) is 5.69 Å². The van der Waals surface area contributed by atoms with Crippen LogP contribution in [0.3, 0.4) is 0 Å². The van der Waals surface area contributed by atoms with Gasteiger partial charge < -0.3 is 18.8 Å². The van der Waals surface area contributed by atoms with Crippen molar-refractivity contribution in [3.63, 3.8) is 0 Å². The highest BCUT2D eigenvalue weighted by molar-refractivity contribution is 6.61. The second-order valence-corrected chi connectivity index (χ2v) is 8.04. The van der Waals surface area contributed by atoms with Crippen molar-refractivity contribution in [2.75, 3.05) is 14.2 Å². The van der Waals surface area contributed by atoms with Crippen LogP contribution in [0, 0.1) is 6.92 Å². The van der Waals surface area contributed by atoms with E-state index in [4.69, 9.17) is 30.4 Å². The minimum absolute atomic E-state index is 0.265. The number of ether oxygens (including phenoxy) is 2. The van der Waals surface area contributed by atoms with Gasteiger partial charge in [-0.05, 0) is 40.7 Å². The van der Waals surface area contributed by atoms with Crippen molar-refractivity contribution in [1.82, 2.24) is 9.78 Å². The number of hydrogen-bond acceptors (Lipinski definition) is 6. The zero-order chi connectivity index (χ0) is 20.9. The van der Waals surface area contributed by atoms with Crippen LogP contribution in [0.15, 0.2) is 23.0 Å². The van der Waals surface area contributed by atoms with Crippen molar-refractivity contribution in [1.29, 1.82) is 0 Å². The molecule has 0 aliphatic carbocycles. The molecule has 0 unspecified atom stereocenters. The molecule has 0 atom stereocenters. The second-order valence-electron chi connectivity index (χ2n) is 7.67. The fourth-order valence-electron chi connectivity index (χ4n) is 2.98. The molecule has 1 aliphatic heterocycles. The maximum absolute atomic E-state index is 12.6. The van der Waals surface area contributed by atoms with Crippen LogP contribution >= 0.6 is 11.6 Å². The van der Waals surface area contributed by atoms with E-state index >= 15 is 0 Å². The fourth-order valence-corrected chi connectivity index (χ4v) is 3.33. The van der Waals surface area contributed by atoms with Gasteiger partial charge in [-0.25, -0.2) is 0 Å². The Hall–Kier alpha value is -2.03. The molecule has 0 N–H and O–H groups in total. The molecule has 1 saturated heterocycles. The first kappa shape index (κ1) is 20.7. The first-order valence-electron chi connectivity index (χ1n) is 8.90. The molecule has 0 spiro atoms. The summed E-state index contributed by atoms with van der Waals surface area (Å²) in [6, 6.07) is 4.68. The lowest BCUT2D eigenvalue weighted by atomic mass is 9.84. The first-order chi connectivity index (χ1) is 13.0. The summed E-state index contributed by atoms with van der Waals surface area (Å²) < 4.78 is 24.0. The van der Waals surface area contributed by atoms with E-state index in [1.807, 2.05) is 27.7 Å². The van der Waals surface area contributed by atoms with Gasteiger partial charge in [0.2, 0.25) is 0 Å². The summed E-state index contributed by atoms with van der Waals surface area (Å²) in [6.45, 7) is 9.62. The Labute approximate surface area is 169 Å². The topological polar surface area (TPSA) is 71.8 Å². The van der Waals surface area contributed by atoms with E-state index in [1.165, 1.54) is 25.0 Å². The molecular weight excluding hydrogens is 382 g/mol. The Morgan fingerprint density at radius 1 is 1.07 bits per heavy atom. The summed E-state index contributed by atoms with van der Waals surface area (Å²) in [4.78, 5) is 12.6. The molecule has 0 bridgehead atoms. The second kappa shape index (κ2) is 7.10. The molecule has 1 aromatic carbocycles. The minimum Gasteiger partial charge on any atom is -0.496 e. The van der Waals surface area contributed by atoms with Gasteiger partial charge in [-0.1, -0.05) is 11.6 Å². The lowest BCUT2D eigenvalue weighted by molar-refractivity contribution is 0.00578. The molecule has 0 amide bonds. The van der Waals surface area contributed by atoms with E-state index < -0.39 is 18.3 Å². The van der Waals surface area contributed by atoms with E-state index in [9.17, 15) is 4.79 Å². The number of methoxy groups -OCH3 is 2. The van der Waals surface area contributed by atoms with Crippen LogP contribution in [-0.4, -0.2) is 42.3 Å². The summed E-state index contributed by atoms with van der Waals surface area (Å²) in [5.74, 6) is 0.917. The Morgan fingerprint density at radius 2 is 1.64 bits per heavy atom. The van der Waals surface area contributed by atoms with Gasteiger partial charge in [-0.15, -0.1) is 0 Å². The minimum atomic E-state index is -0.705. The third-order valence-corrected chi connectivity index (χ3v) is 5.74. The SMILES string of the molecule is COc1cc(OC)c(Cl)c(-n2nc(B3OC(C)(C)C(C)(C)O3)ccc2=O)c1C. The zero-order valence-electron chi connectivity index (χ0n) is 17.1. The van der Waals surface area contributed by atoms with Crippen LogP contribution in [0.2, 0.25) is 5.02 Å². The Morgan fingerprint density at radius 3 is 2.18 bits per heavy atom. The standard InChI is InChI=1S/C19H24BClN2O5/c1-11-12(25-6)10-13(26-7)16(21)17(11)23-15(24)9-8-14(22-23)20-27-18(2,3)19(4,5)28-20/h8-10H,1-7H3. The number of hydrogen-bond donors (Lipinski definition) is 0. The van der Waals surface area contributed by atoms with E-state index in [0.29, 0.717) is 28.3 Å². The molecule has 2 heterocycles. The Balaban J connectivity index is 2.16. The lowest BCUT2D eigenvalue weighted by Gasteiger charge is -2.32. The summed E-state index contributed by atoms with van der Waals surface area (Å²) in [5, 5.41) is 4.75. The van der Waals surface area contributed by atoms with Crippen LogP contribution in [-0.2, 0) is 9.31 Å². The predicted molar refractivity (Wildman–Crippen MR) is 108 cm³/mol. The van der Waals surface area contributed by atoms with E-state index in [0.717, 1.165) is 0 Å². The van der Waals surface area contributed by atoms with Gasteiger partial charge in [-0.3, -0.25) is 4.79 Å². The molecule has 0 saturated carbocycles. The molecule has 1 aromatic heterocycles. The van der Waals surface area contributed by atoms with Gasteiger partial charge in [0.05, 0.1) is 36.7 Å². The molecule has 9 heteroatoms. The third kappa shape index (κ3) is 3.29. The number of rotatable bonds is 4. The van der Waals surface area contributed by atoms with Gasteiger partial charge >= 0.3 is 7.12 Å². The number of halogens is 1. The molecule has 28 heavy (non-hydrogen) atoms. The maximum Gasteiger partial charge on any atom is 0.516 e. The molecule has 1 fully saturated rings. The fraction of sp³-hybridized carbons (Fsp3) is 0.474. The van der Waals surface area contributed by atoms with Crippen LogP contribution in [0.1, 0.15) is 33.3 Å². The molecule has 3 rings (SSSR count). The van der Waals surface area contributed by atoms with Crippen molar-refractivity contribution in [2.24, 2.45) is 0 Å². The third-order valence-electron chi connectivity index (χ3n) is 5.38. The monoisotopic (exact) mass is 406 g/mol. The average Bonchev–Trinajstić information content (AvgIpc) is 2.84. The molecule has 150 valence electrons. The van der Waals surface area contributed by atoms with Gasteiger partial charge in [0.25, 0.3) is 5.56 Å². The Kier molecular flexibility index (Phi) is 5.25. The van der Waals surface area contributed by atoms with Crippen molar-refractivity contribution in [3.8, 4) is 17.2 Å². The van der Waals surface area contributed by atoms with Crippen molar-refractivity contribution in [3.05, 3.63) is 39.1 Å². The average molecular weight is 407 g/mol. The molecule has 7 nitrogen and oxygen atoms in total. The molecule has 2 aromatic rings. The quantitative estimate of drug-likeness (QED) is 0.727. The summed E-state index contributed by atoms with van der Waals surface area (Å²) in [7, 11) is 2.33. The summed E-state index contributed by atoms with van der Waals surface area (Å²) in [6.07, 6.45) is 0. The van der Waals surface area contributed by atoms with Crippen LogP contribution in [0.5, 0.6) is 11.5 Å². The predicted octanol–water partition coefficient (Wildman–Crippen LogP) is 2.51. The van der Waals surface area contributed by atoms with Gasteiger partial charge in [0, 0.05) is 17.7 Å². The number of benzene rings is 1. The van der Waals surface area contributed by atoms with E-state index in [2.05, 4.69) is 5.10 Å². The molecule has 1 aliphatic rings. The molecule has 0 radical (unpaired) electrons. The van der Waals surface area contributed by atoms with E-state index in [-0.39, 0.29) is 10.6 Å². The van der Waals surface area contributed by atoms with Crippen LogP contribution in [0.4, 0.5) is 0 Å². The smallest absolute Gasteiger partial charge is 0.496 e. The highest BCUT2D eigenvalue weighted by Gasteiger charge is 2.52. The maximum atomic E-state index is 12.6. The van der Waals surface area contributed by atoms with Gasteiger partial charge in [0.1, 0.15) is 16.5 Å². The number of nitrogens with zero attached hydrogens (tertiary/aromatic N) is 2. The van der Waals surface area contributed by atoms with Crippen molar-refractivity contribution < 1.29 is 18.8 Å². The normalized spacial score (nSPS) is 17.6. The summed E-state index contributed by atoms with van der Waals surface area (Å²) >= 11 is 6.51. The molecular formula is C19H24BClN2O5. The summed E-state index contributed by atoms with van der Waals surface area (Å²) in [5.41, 5.74) is 0.131. The largest absolute Gasteiger partial charge is 0.516 e. The lowest BCUT2D eigenvalue weighted by Crippen LogP contribution is -2.41. The van der Waals surface area contributed by atoms with Crippen molar-refractivity contribution in [2.45, 2.75) is 45.8 Å². The van der Waals surface area contributed by atoms with Crippen molar-refractivity contribution >= 4 is 24.3 Å². The highest BCUT2D eigenvalue weighted by atomic mass is 35.5. The van der Waals surface area contributed by atoms with Gasteiger partial charge in [-0.2, -0.15) is 9.78 Å². The van der Waals surface area contributed by atoms with Gasteiger partial charge in [0.15, 0.2) is 0 Å². The Bertz CT molecular complexity index is 929. The number of aromatic nitrogens is 2. The van der Waals surface area contributed by atoms with Crippen LogP contribution < -0.4 is 20.6 Å². The van der Waals surface area contributed by atoms with E-state index in [1.54, 1.807) is 19.1 Å². The zero-order valence-corrected chi connectivity index (χ0v) is 17.9.